The van der Waals surface area contributed by atoms with Gasteiger partial charge >= 0.3 is 0 Å². The van der Waals surface area contributed by atoms with Gasteiger partial charge in [0.1, 0.15) is 11.6 Å². The van der Waals surface area contributed by atoms with Gasteiger partial charge in [-0.3, -0.25) is 0 Å². The van der Waals surface area contributed by atoms with Crippen LogP contribution in [0.5, 0.6) is 0 Å². The van der Waals surface area contributed by atoms with Gasteiger partial charge in [0.15, 0.2) is 0 Å². The Bertz CT molecular complexity index is 477. The Balaban J connectivity index is 2.24. The first-order valence-corrected chi connectivity index (χ1v) is 4.57. The predicted octanol–water partition coefficient (Wildman–Crippen LogP) is 2.52. The number of halogens is 2. The molecule has 1 heterocycles. The van der Waals surface area contributed by atoms with Crippen LogP contribution >= 0.6 is 0 Å². The summed E-state index contributed by atoms with van der Waals surface area (Å²) in [7, 11) is 0. The predicted molar refractivity (Wildman–Crippen MR) is 52.4 cm³/mol. The third-order valence-electron chi connectivity index (χ3n) is 2.13. The van der Waals surface area contributed by atoms with E-state index >= 15 is 0 Å². The van der Waals surface area contributed by atoms with E-state index in [2.05, 4.69) is 4.98 Å². The van der Waals surface area contributed by atoms with Crippen LogP contribution < -0.4 is 0 Å². The van der Waals surface area contributed by atoms with Gasteiger partial charge in [-0.2, -0.15) is 0 Å². The molecule has 15 heavy (non-hydrogen) atoms. The molecule has 2 nitrogen and oxygen atoms in total. The van der Waals surface area contributed by atoms with Crippen molar-refractivity contribution >= 4 is 0 Å². The van der Waals surface area contributed by atoms with Gasteiger partial charge in [-0.15, -0.1) is 0 Å². The van der Waals surface area contributed by atoms with Crippen LogP contribution in [0.25, 0.3) is 0 Å². The van der Waals surface area contributed by atoms with Gasteiger partial charge in [0, 0.05) is 17.8 Å². The summed E-state index contributed by atoms with van der Waals surface area (Å²) in [6.07, 6.45) is 3.43. The molecule has 0 bridgehead atoms. The number of aryl methyl sites for hydroxylation is 1. The van der Waals surface area contributed by atoms with Crippen LogP contribution in [-0.2, 0) is 6.54 Å². The molecule has 0 N–H and O–H groups in total. The Morgan fingerprint density at radius 3 is 2.73 bits per heavy atom. The van der Waals surface area contributed by atoms with Crippen molar-refractivity contribution in [3.05, 3.63) is 53.6 Å². The second-order valence-electron chi connectivity index (χ2n) is 3.42. The molecule has 0 aliphatic carbocycles. The van der Waals surface area contributed by atoms with E-state index in [0.717, 1.165) is 11.8 Å². The number of nitrogens with zero attached hydrogens (tertiary/aromatic N) is 2. The highest BCUT2D eigenvalue weighted by Crippen LogP contribution is 2.11. The maximum absolute atomic E-state index is 13.3. The summed E-state index contributed by atoms with van der Waals surface area (Å²) < 4.78 is 27.7. The van der Waals surface area contributed by atoms with Crippen molar-refractivity contribution in [1.29, 1.82) is 0 Å². The summed E-state index contributed by atoms with van der Waals surface area (Å²) >= 11 is 0. The summed E-state index contributed by atoms with van der Waals surface area (Å²) in [4.78, 5) is 4.03. The van der Waals surface area contributed by atoms with E-state index in [1.54, 1.807) is 10.9 Å². The van der Waals surface area contributed by atoms with Gasteiger partial charge in [-0.25, -0.2) is 13.8 Å². The largest absolute Gasteiger partial charge is 0.333 e. The summed E-state index contributed by atoms with van der Waals surface area (Å²) in [5.74, 6) is -1.08. The van der Waals surface area contributed by atoms with Crippen molar-refractivity contribution in [1.82, 2.24) is 9.55 Å². The SMILES string of the molecule is Cc1cn(Cc2ccc(F)cc2F)cn1. The maximum Gasteiger partial charge on any atom is 0.131 e. The molecule has 2 rings (SSSR count). The maximum atomic E-state index is 13.3. The first-order valence-electron chi connectivity index (χ1n) is 4.57. The van der Waals surface area contributed by atoms with Crippen LogP contribution in [0.2, 0.25) is 0 Å². The molecule has 4 heteroatoms. The van der Waals surface area contributed by atoms with Gasteiger partial charge in [-0.05, 0) is 13.0 Å². The number of hydrogen-bond donors (Lipinski definition) is 0. The molecular formula is C11H10F2N2. The van der Waals surface area contributed by atoms with Crippen LogP contribution in [0.3, 0.4) is 0 Å². The Morgan fingerprint density at radius 1 is 1.33 bits per heavy atom. The lowest BCUT2D eigenvalue weighted by molar-refractivity contribution is 0.566. The van der Waals surface area contributed by atoms with E-state index < -0.39 is 11.6 Å². The van der Waals surface area contributed by atoms with Gasteiger partial charge < -0.3 is 4.57 Å². The Labute approximate surface area is 86.2 Å². The third kappa shape index (κ3) is 2.21. The fraction of sp³-hybridized carbons (Fsp3) is 0.182. The van der Waals surface area contributed by atoms with E-state index in [1.807, 2.05) is 13.1 Å². The van der Waals surface area contributed by atoms with Crippen molar-refractivity contribution in [2.45, 2.75) is 13.5 Å². The first-order chi connectivity index (χ1) is 7.15. The van der Waals surface area contributed by atoms with Crippen molar-refractivity contribution in [2.24, 2.45) is 0 Å². The first kappa shape index (κ1) is 9.83. The highest BCUT2D eigenvalue weighted by molar-refractivity contribution is 5.19. The van der Waals surface area contributed by atoms with E-state index in [-0.39, 0.29) is 0 Å². The molecule has 0 atom stereocenters. The minimum absolute atomic E-state index is 0.368. The summed E-state index contributed by atoms with van der Waals surface area (Å²) in [6.45, 7) is 2.23. The van der Waals surface area contributed by atoms with E-state index in [4.69, 9.17) is 0 Å². The van der Waals surface area contributed by atoms with Crippen LogP contribution in [-0.4, -0.2) is 9.55 Å². The fourth-order valence-electron chi connectivity index (χ4n) is 1.40. The van der Waals surface area contributed by atoms with Gasteiger partial charge in [0.05, 0.1) is 18.6 Å². The quantitative estimate of drug-likeness (QED) is 0.741. The van der Waals surface area contributed by atoms with E-state index in [9.17, 15) is 8.78 Å². The number of aromatic nitrogens is 2. The normalized spacial score (nSPS) is 10.6. The van der Waals surface area contributed by atoms with Gasteiger partial charge in [-0.1, -0.05) is 6.07 Å². The Kier molecular flexibility index (Phi) is 2.49. The molecule has 1 aromatic heterocycles. The number of hydrogen-bond acceptors (Lipinski definition) is 1. The molecule has 0 radical (unpaired) electrons. The molecule has 0 amide bonds. The lowest BCUT2D eigenvalue weighted by Gasteiger charge is -2.03. The van der Waals surface area contributed by atoms with Crippen LogP contribution in [0.1, 0.15) is 11.3 Å². The van der Waals surface area contributed by atoms with E-state index in [1.165, 1.54) is 12.1 Å². The molecule has 0 aliphatic heterocycles. The van der Waals surface area contributed by atoms with Crippen molar-refractivity contribution in [2.75, 3.05) is 0 Å². The van der Waals surface area contributed by atoms with Crippen molar-refractivity contribution in [3.63, 3.8) is 0 Å². The second-order valence-corrected chi connectivity index (χ2v) is 3.42. The molecule has 2 aromatic rings. The van der Waals surface area contributed by atoms with Crippen LogP contribution in [0, 0.1) is 18.6 Å². The molecule has 0 saturated carbocycles. The zero-order chi connectivity index (χ0) is 10.8. The highest BCUT2D eigenvalue weighted by Gasteiger charge is 2.04. The monoisotopic (exact) mass is 208 g/mol. The average molecular weight is 208 g/mol. The molecule has 1 aromatic carbocycles. The van der Waals surface area contributed by atoms with Crippen molar-refractivity contribution in [3.8, 4) is 0 Å². The van der Waals surface area contributed by atoms with Crippen LogP contribution in [0.4, 0.5) is 8.78 Å². The molecule has 0 fully saturated rings. The highest BCUT2D eigenvalue weighted by atomic mass is 19.1. The van der Waals surface area contributed by atoms with Gasteiger partial charge in [0.25, 0.3) is 0 Å². The lowest BCUT2D eigenvalue weighted by Crippen LogP contribution is -1.99. The average Bonchev–Trinajstić information content (AvgIpc) is 2.56. The minimum Gasteiger partial charge on any atom is -0.333 e. The molecular weight excluding hydrogens is 198 g/mol. The van der Waals surface area contributed by atoms with Gasteiger partial charge in [0.2, 0.25) is 0 Å². The number of rotatable bonds is 2. The number of benzene rings is 1. The van der Waals surface area contributed by atoms with E-state index in [0.29, 0.717) is 12.1 Å². The minimum atomic E-state index is -0.557. The summed E-state index contributed by atoms with van der Waals surface area (Å²) in [5.41, 5.74) is 1.33. The zero-order valence-electron chi connectivity index (χ0n) is 8.24. The Morgan fingerprint density at radius 2 is 2.13 bits per heavy atom. The smallest absolute Gasteiger partial charge is 0.131 e. The fourth-order valence-corrected chi connectivity index (χ4v) is 1.40. The topological polar surface area (TPSA) is 17.8 Å². The summed E-state index contributed by atoms with van der Waals surface area (Å²) in [6, 6.07) is 3.58. The molecule has 0 saturated heterocycles. The standard InChI is InChI=1S/C11H10F2N2/c1-8-5-15(7-14-8)6-9-2-3-10(12)4-11(9)13/h2-5,7H,6H2,1H3. The number of imidazole rings is 1. The molecule has 0 aliphatic rings. The molecule has 78 valence electrons. The lowest BCUT2D eigenvalue weighted by atomic mass is 10.2. The second kappa shape index (κ2) is 3.81. The third-order valence-corrected chi connectivity index (χ3v) is 2.13. The van der Waals surface area contributed by atoms with Crippen molar-refractivity contribution < 1.29 is 8.78 Å². The van der Waals surface area contributed by atoms with Crippen LogP contribution in [0.15, 0.2) is 30.7 Å². The summed E-state index contributed by atoms with van der Waals surface area (Å²) in [5, 5.41) is 0. The molecule has 0 spiro atoms. The Hall–Kier alpha value is -1.71. The molecule has 0 unspecified atom stereocenters. The zero-order valence-corrected chi connectivity index (χ0v) is 8.24.